The van der Waals surface area contributed by atoms with Crippen LogP contribution in [0.1, 0.15) is 22.3 Å². The van der Waals surface area contributed by atoms with Crippen molar-refractivity contribution >= 4 is 71.7 Å². The van der Waals surface area contributed by atoms with E-state index >= 15 is 0 Å². The van der Waals surface area contributed by atoms with Crippen LogP contribution >= 0.6 is 0 Å². The number of nitrogens with zero attached hydrogens (tertiary/aromatic N) is 1. The highest BCUT2D eigenvalue weighted by atomic mass is 16.3. The van der Waals surface area contributed by atoms with Gasteiger partial charge in [0.15, 0.2) is 0 Å². The van der Waals surface area contributed by atoms with Crippen LogP contribution in [-0.4, -0.2) is 0 Å². The molecule has 0 radical (unpaired) electrons. The van der Waals surface area contributed by atoms with E-state index in [0.717, 1.165) is 88.6 Å². The van der Waals surface area contributed by atoms with Gasteiger partial charge in [-0.25, -0.2) is 0 Å². The maximum Gasteiger partial charge on any atom is 0.143 e. The zero-order chi connectivity index (χ0) is 44.8. The van der Waals surface area contributed by atoms with Gasteiger partial charge in [-0.2, -0.15) is 0 Å². The Hall–Kier alpha value is -8.92. The molecule has 13 aromatic rings. The Morgan fingerprint density at radius 3 is 1.72 bits per heavy atom. The van der Waals surface area contributed by atoms with Gasteiger partial charge in [-0.3, -0.25) is 0 Å². The molecule has 318 valence electrons. The number of furan rings is 2. The van der Waals surface area contributed by atoms with Gasteiger partial charge in [0, 0.05) is 44.0 Å². The zero-order valence-electron chi connectivity index (χ0n) is 36.9. The third-order valence-corrected chi connectivity index (χ3v) is 14.3. The second-order valence-corrected chi connectivity index (χ2v) is 17.9. The summed E-state index contributed by atoms with van der Waals surface area (Å²) in [4.78, 5) is 2.45. The van der Waals surface area contributed by atoms with Crippen LogP contribution < -0.4 is 4.90 Å². The van der Waals surface area contributed by atoms with E-state index in [1.165, 1.54) is 38.8 Å². The molecule has 68 heavy (non-hydrogen) atoms. The predicted molar refractivity (Wildman–Crippen MR) is 281 cm³/mol. The number of hydrogen-bond donors (Lipinski definition) is 0. The van der Waals surface area contributed by atoms with Crippen LogP contribution in [0.5, 0.6) is 0 Å². The molecule has 0 spiro atoms. The highest BCUT2D eigenvalue weighted by Gasteiger charge is 2.46. The van der Waals surface area contributed by atoms with Gasteiger partial charge in [0.1, 0.15) is 22.3 Å². The van der Waals surface area contributed by atoms with E-state index < -0.39 is 5.41 Å². The molecule has 0 amide bonds. The fourth-order valence-electron chi connectivity index (χ4n) is 11.4. The van der Waals surface area contributed by atoms with E-state index in [0.29, 0.717) is 0 Å². The van der Waals surface area contributed by atoms with Crippen molar-refractivity contribution in [2.45, 2.75) is 5.41 Å². The third-order valence-electron chi connectivity index (χ3n) is 14.3. The van der Waals surface area contributed by atoms with Gasteiger partial charge in [-0.1, -0.05) is 194 Å². The fourth-order valence-corrected chi connectivity index (χ4v) is 11.4. The Morgan fingerprint density at radius 1 is 0.324 bits per heavy atom. The van der Waals surface area contributed by atoms with E-state index in [9.17, 15) is 0 Å². The Morgan fingerprint density at radius 2 is 0.912 bits per heavy atom. The average molecular weight is 868 g/mol. The molecule has 0 saturated carbocycles. The van der Waals surface area contributed by atoms with Crippen LogP contribution in [0.2, 0.25) is 0 Å². The quantitative estimate of drug-likeness (QED) is 0.160. The van der Waals surface area contributed by atoms with Gasteiger partial charge in [0.25, 0.3) is 0 Å². The summed E-state index contributed by atoms with van der Waals surface area (Å²) < 4.78 is 13.2. The number of hydrogen-bond acceptors (Lipinski definition) is 3. The minimum Gasteiger partial charge on any atom is -0.456 e. The molecule has 0 bridgehead atoms. The molecule has 0 atom stereocenters. The molecule has 14 rings (SSSR count). The van der Waals surface area contributed by atoms with Crippen LogP contribution in [0.15, 0.2) is 258 Å². The lowest BCUT2D eigenvalue weighted by molar-refractivity contribution is 0.669. The van der Waals surface area contributed by atoms with Crippen LogP contribution in [-0.2, 0) is 5.41 Å². The molecular weight excluding hydrogens is 827 g/mol. The lowest BCUT2D eigenvalue weighted by atomic mass is 9.67. The highest BCUT2D eigenvalue weighted by molar-refractivity contribution is 6.17. The van der Waals surface area contributed by atoms with Crippen molar-refractivity contribution in [2.75, 3.05) is 4.90 Å². The second kappa shape index (κ2) is 15.1. The summed E-state index contributed by atoms with van der Waals surface area (Å²) >= 11 is 0. The monoisotopic (exact) mass is 867 g/mol. The molecule has 0 unspecified atom stereocenters. The molecule has 3 nitrogen and oxygen atoms in total. The number of fused-ring (bicyclic) bond motifs is 10. The number of para-hydroxylation sites is 3. The Kier molecular flexibility index (Phi) is 8.50. The topological polar surface area (TPSA) is 29.5 Å². The van der Waals surface area contributed by atoms with E-state index in [1.807, 2.05) is 12.1 Å². The average Bonchev–Trinajstić information content (AvgIpc) is 4.07. The van der Waals surface area contributed by atoms with E-state index in [2.05, 4.69) is 241 Å². The first-order valence-electron chi connectivity index (χ1n) is 23.3. The lowest BCUT2D eigenvalue weighted by Gasteiger charge is -2.35. The van der Waals surface area contributed by atoms with Crippen LogP contribution in [0, 0.1) is 0 Å². The third kappa shape index (κ3) is 5.66. The minimum atomic E-state index is -0.561. The molecule has 1 aliphatic rings. The van der Waals surface area contributed by atoms with Crippen LogP contribution in [0.3, 0.4) is 0 Å². The Bertz CT molecular complexity index is 4050. The van der Waals surface area contributed by atoms with Crippen molar-refractivity contribution in [3.05, 3.63) is 271 Å². The molecule has 1 aliphatic carbocycles. The van der Waals surface area contributed by atoms with Gasteiger partial charge in [-0.05, 0) is 110 Å². The van der Waals surface area contributed by atoms with Crippen molar-refractivity contribution in [2.24, 2.45) is 0 Å². The van der Waals surface area contributed by atoms with Crippen LogP contribution in [0.4, 0.5) is 17.1 Å². The maximum atomic E-state index is 6.66. The molecule has 11 aromatic carbocycles. The first kappa shape index (κ1) is 38.4. The molecule has 0 fully saturated rings. The second-order valence-electron chi connectivity index (χ2n) is 17.9. The lowest BCUT2D eigenvalue weighted by Crippen LogP contribution is -2.28. The molecule has 2 aromatic heterocycles. The Labute approximate surface area is 393 Å². The molecule has 0 saturated heterocycles. The van der Waals surface area contributed by atoms with Crippen molar-refractivity contribution < 1.29 is 8.83 Å². The van der Waals surface area contributed by atoms with Crippen molar-refractivity contribution in [1.82, 2.24) is 0 Å². The van der Waals surface area contributed by atoms with E-state index in [4.69, 9.17) is 8.83 Å². The minimum absolute atomic E-state index is 0.561. The summed E-state index contributed by atoms with van der Waals surface area (Å²) in [6.45, 7) is 0. The van der Waals surface area contributed by atoms with Gasteiger partial charge in [0.2, 0.25) is 0 Å². The smallest absolute Gasteiger partial charge is 0.143 e. The first-order chi connectivity index (χ1) is 33.7. The summed E-state index contributed by atoms with van der Waals surface area (Å²) in [6, 6.07) is 90.2. The van der Waals surface area contributed by atoms with Gasteiger partial charge in [0.05, 0.1) is 11.1 Å². The summed E-state index contributed by atoms with van der Waals surface area (Å²) in [7, 11) is 0. The summed E-state index contributed by atoms with van der Waals surface area (Å²) in [5, 5.41) is 6.79. The van der Waals surface area contributed by atoms with Crippen molar-refractivity contribution in [3.8, 4) is 33.4 Å². The first-order valence-corrected chi connectivity index (χ1v) is 23.3. The van der Waals surface area contributed by atoms with E-state index in [-0.39, 0.29) is 0 Å². The fraction of sp³-hybridized carbons (Fsp3) is 0.0154. The Balaban J connectivity index is 1.02. The normalized spacial score (nSPS) is 12.8. The predicted octanol–water partition coefficient (Wildman–Crippen LogP) is 17.8. The standard InChI is InChI=1S/C65H41NO2/c1-3-19-45(20-4-1)65(46-21-5-2-6-22-46)57-29-12-9-23-50(57)51-38-37-48(41-58(51)65)66(47-35-33-42(34-36-47)49-26-15-28-55-53-25-11-14-31-60(53)68-64(49)55)59-30-13-10-24-52(59)54-27-16-32-61-63(54)56-39-43-17-7-8-18-44(43)40-62(56)67-61/h1-41H. The number of anilines is 3. The molecule has 0 N–H and O–H groups in total. The maximum absolute atomic E-state index is 6.66. The van der Waals surface area contributed by atoms with Crippen molar-refractivity contribution in [3.63, 3.8) is 0 Å². The highest BCUT2D eigenvalue weighted by Crippen LogP contribution is 2.58. The molecular formula is C65H41NO2. The number of benzene rings is 11. The molecule has 0 aliphatic heterocycles. The largest absolute Gasteiger partial charge is 0.456 e. The number of rotatable bonds is 7. The van der Waals surface area contributed by atoms with Crippen LogP contribution in [0.25, 0.3) is 88.0 Å². The SMILES string of the molecule is c1ccc(C2(c3ccccc3)c3ccccc3-c3ccc(N(c4ccc(-c5cccc6c5oc5ccccc56)cc4)c4ccccc4-c4cccc5oc6cc7ccccc7cc6c45)cc32)cc1. The molecule has 3 heteroatoms. The van der Waals surface area contributed by atoms with Crippen molar-refractivity contribution in [1.29, 1.82) is 0 Å². The van der Waals surface area contributed by atoms with Gasteiger partial charge < -0.3 is 13.7 Å². The van der Waals surface area contributed by atoms with Gasteiger partial charge in [-0.15, -0.1) is 0 Å². The zero-order valence-corrected chi connectivity index (χ0v) is 36.9. The van der Waals surface area contributed by atoms with E-state index in [1.54, 1.807) is 0 Å². The summed E-state index contributed by atoms with van der Waals surface area (Å²) in [5.74, 6) is 0. The summed E-state index contributed by atoms with van der Waals surface area (Å²) in [6.07, 6.45) is 0. The summed E-state index contributed by atoms with van der Waals surface area (Å²) in [5.41, 5.74) is 18.0. The van der Waals surface area contributed by atoms with Gasteiger partial charge >= 0.3 is 0 Å². The molecule has 2 heterocycles.